The predicted octanol–water partition coefficient (Wildman–Crippen LogP) is 4.42. The van der Waals surface area contributed by atoms with E-state index in [9.17, 15) is 9.59 Å². The number of aryl methyl sites for hydroxylation is 2. The molecule has 1 aliphatic carbocycles. The summed E-state index contributed by atoms with van der Waals surface area (Å²) >= 11 is 1.46. The smallest absolute Gasteiger partial charge is 0.287 e. The van der Waals surface area contributed by atoms with Gasteiger partial charge in [-0.25, -0.2) is 4.98 Å². The van der Waals surface area contributed by atoms with Gasteiger partial charge in [-0.05, 0) is 56.9 Å². The van der Waals surface area contributed by atoms with Crippen LogP contribution in [0.2, 0.25) is 0 Å². The standard InChI is InChI=1S/C26H29N3O4S/c1-4-32-23-21(28-24(30)20-10-7-15-33-20)18-8-5-6-9-19(18)26(23)11-13-29(14-12-26)25(31)22-16(2)27-17(3)34-22/h5-10,15,21,23H,4,11-14H2,1-3H3,(H,28,30)/t21-,23+/m0/s1. The van der Waals surface area contributed by atoms with Gasteiger partial charge in [0, 0.05) is 25.1 Å². The molecule has 1 saturated heterocycles. The molecule has 5 rings (SSSR count). The quantitative estimate of drug-likeness (QED) is 0.586. The minimum atomic E-state index is -0.289. The van der Waals surface area contributed by atoms with Crippen LogP contribution in [-0.2, 0) is 10.2 Å². The Balaban J connectivity index is 1.43. The minimum Gasteiger partial charge on any atom is -0.459 e. The minimum absolute atomic E-state index is 0.0554. The molecule has 1 aromatic carbocycles. The number of hydrogen-bond acceptors (Lipinski definition) is 6. The summed E-state index contributed by atoms with van der Waals surface area (Å²) in [6.45, 7) is 7.61. The lowest BCUT2D eigenvalue weighted by atomic mass is 9.71. The van der Waals surface area contributed by atoms with E-state index >= 15 is 0 Å². The Kier molecular flexibility index (Phi) is 6.04. The fraction of sp³-hybridized carbons (Fsp3) is 0.423. The first-order valence-corrected chi connectivity index (χ1v) is 12.5. The Morgan fingerprint density at radius 1 is 1.21 bits per heavy atom. The van der Waals surface area contributed by atoms with Crippen molar-refractivity contribution in [2.45, 2.75) is 51.2 Å². The molecule has 2 aliphatic rings. The number of nitrogens with zero attached hydrogens (tertiary/aromatic N) is 2. The first-order valence-electron chi connectivity index (χ1n) is 11.7. The molecule has 1 aliphatic heterocycles. The SMILES string of the molecule is CCO[C@@H]1[C@@H](NC(=O)c2ccco2)c2ccccc2C12CCN(C(=O)c1sc(C)nc1C)CC2. The Labute approximate surface area is 203 Å². The third kappa shape index (κ3) is 3.75. The van der Waals surface area contributed by atoms with Crippen molar-refractivity contribution in [1.82, 2.24) is 15.2 Å². The van der Waals surface area contributed by atoms with Gasteiger partial charge in [-0.15, -0.1) is 11.3 Å². The van der Waals surface area contributed by atoms with Crippen molar-refractivity contribution < 1.29 is 18.7 Å². The third-order valence-corrected chi connectivity index (χ3v) is 8.16. The van der Waals surface area contributed by atoms with Crippen LogP contribution < -0.4 is 5.32 Å². The van der Waals surface area contributed by atoms with E-state index in [-0.39, 0.29) is 35.1 Å². The largest absolute Gasteiger partial charge is 0.459 e. The lowest BCUT2D eigenvalue weighted by Crippen LogP contribution is -2.52. The van der Waals surface area contributed by atoms with Crippen molar-refractivity contribution in [2.75, 3.05) is 19.7 Å². The summed E-state index contributed by atoms with van der Waals surface area (Å²) in [5.41, 5.74) is 2.81. The van der Waals surface area contributed by atoms with Gasteiger partial charge in [0.15, 0.2) is 5.76 Å². The number of piperidine rings is 1. The number of nitrogens with one attached hydrogen (secondary N) is 1. The number of benzene rings is 1. The highest BCUT2D eigenvalue weighted by Gasteiger charge is 2.54. The first-order chi connectivity index (χ1) is 16.4. The van der Waals surface area contributed by atoms with Gasteiger partial charge < -0.3 is 19.4 Å². The Hall–Kier alpha value is -2.97. The number of carbonyl (C=O) groups is 2. The zero-order valence-electron chi connectivity index (χ0n) is 19.7. The number of ether oxygens (including phenoxy) is 1. The molecule has 2 aromatic heterocycles. The molecule has 1 spiro atoms. The van der Waals surface area contributed by atoms with Crippen LogP contribution in [0.1, 0.15) is 67.9 Å². The first kappa shape index (κ1) is 22.8. The topological polar surface area (TPSA) is 84.7 Å². The summed E-state index contributed by atoms with van der Waals surface area (Å²) in [4.78, 5) is 33.2. The summed E-state index contributed by atoms with van der Waals surface area (Å²) in [5, 5.41) is 4.08. The van der Waals surface area contributed by atoms with Gasteiger partial charge in [-0.1, -0.05) is 24.3 Å². The number of carbonyl (C=O) groups excluding carboxylic acids is 2. The molecule has 3 heterocycles. The van der Waals surface area contributed by atoms with Crippen LogP contribution in [-0.4, -0.2) is 47.5 Å². The Morgan fingerprint density at radius 3 is 2.62 bits per heavy atom. The molecule has 178 valence electrons. The second-order valence-electron chi connectivity index (χ2n) is 8.99. The second kappa shape index (κ2) is 9.00. The van der Waals surface area contributed by atoms with Crippen LogP contribution in [0.4, 0.5) is 0 Å². The number of rotatable bonds is 5. The van der Waals surface area contributed by atoms with Crippen molar-refractivity contribution >= 4 is 23.2 Å². The molecule has 0 unspecified atom stereocenters. The highest BCUT2D eigenvalue weighted by Crippen LogP contribution is 2.52. The van der Waals surface area contributed by atoms with Gasteiger partial charge in [0.1, 0.15) is 4.88 Å². The van der Waals surface area contributed by atoms with Crippen molar-refractivity contribution in [2.24, 2.45) is 0 Å². The van der Waals surface area contributed by atoms with Gasteiger partial charge in [0.25, 0.3) is 11.8 Å². The molecule has 2 amide bonds. The maximum atomic E-state index is 13.2. The number of thiazole rings is 1. The number of amides is 2. The Bertz CT molecular complexity index is 1190. The summed E-state index contributed by atoms with van der Waals surface area (Å²) in [7, 11) is 0. The maximum Gasteiger partial charge on any atom is 0.287 e. The zero-order valence-corrected chi connectivity index (χ0v) is 20.5. The monoisotopic (exact) mass is 479 g/mol. The number of hydrogen-bond donors (Lipinski definition) is 1. The van der Waals surface area contributed by atoms with E-state index in [2.05, 4.69) is 22.4 Å². The van der Waals surface area contributed by atoms with E-state index < -0.39 is 0 Å². The molecule has 7 nitrogen and oxygen atoms in total. The Morgan fingerprint density at radius 2 is 1.97 bits per heavy atom. The molecule has 3 aromatic rings. The molecule has 8 heteroatoms. The van der Waals surface area contributed by atoms with Crippen LogP contribution in [0.25, 0.3) is 0 Å². The predicted molar refractivity (Wildman–Crippen MR) is 129 cm³/mol. The van der Waals surface area contributed by atoms with Gasteiger partial charge in [0.05, 0.1) is 29.1 Å². The van der Waals surface area contributed by atoms with Gasteiger partial charge in [-0.3, -0.25) is 9.59 Å². The molecular formula is C26H29N3O4S. The van der Waals surface area contributed by atoms with Crippen LogP contribution in [0.3, 0.4) is 0 Å². The van der Waals surface area contributed by atoms with E-state index in [1.165, 1.54) is 23.2 Å². The van der Waals surface area contributed by atoms with Crippen molar-refractivity contribution in [3.63, 3.8) is 0 Å². The second-order valence-corrected chi connectivity index (χ2v) is 10.2. The third-order valence-electron chi connectivity index (χ3n) is 7.10. The fourth-order valence-corrected chi connectivity index (χ4v) is 6.49. The van der Waals surface area contributed by atoms with Crippen molar-refractivity contribution in [3.8, 4) is 0 Å². The molecular weight excluding hydrogens is 450 g/mol. The van der Waals surface area contributed by atoms with E-state index in [0.717, 1.165) is 34.0 Å². The van der Waals surface area contributed by atoms with Crippen LogP contribution in [0, 0.1) is 13.8 Å². The van der Waals surface area contributed by atoms with E-state index in [1.54, 1.807) is 12.1 Å². The lowest BCUT2D eigenvalue weighted by molar-refractivity contribution is -0.0306. The van der Waals surface area contributed by atoms with E-state index in [4.69, 9.17) is 9.15 Å². The highest BCUT2D eigenvalue weighted by atomic mass is 32.1. The molecule has 0 saturated carbocycles. The highest BCUT2D eigenvalue weighted by molar-refractivity contribution is 7.13. The molecule has 0 radical (unpaired) electrons. The van der Waals surface area contributed by atoms with Gasteiger partial charge >= 0.3 is 0 Å². The average molecular weight is 480 g/mol. The van der Waals surface area contributed by atoms with Crippen LogP contribution in [0.5, 0.6) is 0 Å². The number of fused-ring (bicyclic) bond motifs is 2. The van der Waals surface area contributed by atoms with Gasteiger partial charge in [-0.2, -0.15) is 0 Å². The molecule has 34 heavy (non-hydrogen) atoms. The van der Waals surface area contributed by atoms with Crippen molar-refractivity contribution in [3.05, 3.63) is 75.1 Å². The molecule has 1 fully saturated rings. The zero-order chi connectivity index (χ0) is 23.9. The summed E-state index contributed by atoms with van der Waals surface area (Å²) in [6, 6.07) is 11.3. The van der Waals surface area contributed by atoms with Crippen molar-refractivity contribution in [1.29, 1.82) is 0 Å². The average Bonchev–Trinajstić information content (AvgIpc) is 3.55. The summed E-state index contributed by atoms with van der Waals surface area (Å²) in [5.74, 6) is 0.0828. The molecule has 1 N–H and O–H groups in total. The van der Waals surface area contributed by atoms with Crippen LogP contribution >= 0.6 is 11.3 Å². The maximum absolute atomic E-state index is 13.2. The van der Waals surface area contributed by atoms with E-state index in [1.807, 2.05) is 37.8 Å². The lowest BCUT2D eigenvalue weighted by Gasteiger charge is -2.44. The van der Waals surface area contributed by atoms with Gasteiger partial charge in [0.2, 0.25) is 0 Å². The molecule has 2 atom stereocenters. The number of aromatic nitrogens is 1. The number of furan rings is 1. The van der Waals surface area contributed by atoms with Crippen LogP contribution in [0.15, 0.2) is 47.1 Å². The van der Waals surface area contributed by atoms with E-state index in [0.29, 0.717) is 19.7 Å². The molecule has 0 bridgehead atoms. The summed E-state index contributed by atoms with van der Waals surface area (Å²) < 4.78 is 11.7. The normalized spacial score (nSPS) is 21.0. The fourth-order valence-electron chi connectivity index (χ4n) is 5.60. The summed E-state index contributed by atoms with van der Waals surface area (Å²) in [6.07, 6.45) is 2.81. The number of likely N-dealkylation sites (tertiary alicyclic amines) is 1.